The van der Waals surface area contributed by atoms with Gasteiger partial charge in [0.25, 0.3) is 5.91 Å². The number of thiocarbonyl (C=S) groups is 1. The second-order valence-electron chi connectivity index (χ2n) is 9.49. The van der Waals surface area contributed by atoms with E-state index in [-0.39, 0.29) is 10.9 Å². The Hall–Kier alpha value is -3.92. The van der Waals surface area contributed by atoms with Crippen molar-refractivity contribution in [2.45, 2.75) is 27.7 Å². The molecule has 0 saturated heterocycles. The third-order valence-electron chi connectivity index (χ3n) is 6.76. The van der Waals surface area contributed by atoms with Crippen molar-refractivity contribution >= 4 is 68.8 Å². The molecule has 8 nitrogen and oxygen atoms in total. The highest BCUT2D eigenvalue weighted by Gasteiger charge is 2.16. The molecule has 0 spiro atoms. The third-order valence-corrected chi connectivity index (χ3v) is 7.70. The monoisotopic (exact) mass is 606 g/mol. The van der Waals surface area contributed by atoms with Gasteiger partial charge in [-0.05, 0) is 112 Å². The van der Waals surface area contributed by atoms with E-state index in [0.717, 1.165) is 35.4 Å². The van der Waals surface area contributed by atoms with Crippen molar-refractivity contribution < 1.29 is 9.21 Å². The van der Waals surface area contributed by atoms with Crippen molar-refractivity contribution in [3.05, 3.63) is 87.6 Å². The number of nitrogens with zero attached hydrogens (tertiary/aromatic N) is 4. The van der Waals surface area contributed by atoms with Crippen LogP contribution in [0.1, 0.15) is 35.5 Å². The molecule has 2 N–H and O–H groups in total. The lowest BCUT2D eigenvalue weighted by molar-refractivity contribution is 0.0951. The first kappa shape index (κ1) is 28.6. The molecule has 0 aliphatic heterocycles. The predicted octanol–water partition coefficient (Wildman–Crippen LogP) is 7.58. The van der Waals surface area contributed by atoms with E-state index in [1.165, 1.54) is 5.69 Å². The molecule has 0 aliphatic carbocycles. The van der Waals surface area contributed by atoms with Crippen molar-refractivity contribution in [2.24, 2.45) is 0 Å². The first-order chi connectivity index (χ1) is 19.7. The Bertz CT molecular complexity index is 1780. The number of furan rings is 1. The second-order valence-corrected chi connectivity index (χ2v) is 10.7. The topological polar surface area (TPSA) is 88.2 Å². The molecule has 210 valence electrons. The Morgan fingerprint density at radius 1 is 0.927 bits per heavy atom. The molecular weight excluding hydrogens is 579 g/mol. The number of nitrogens with one attached hydrogen (secondary N) is 2. The lowest BCUT2D eigenvalue weighted by atomic mass is 10.1. The zero-order valence-electron chi connectivity index (χ0n) is 23.0. The molecule has 1 amide bonds. The van der Waals surface area contributed by atoms with Crippen LogP contribution in [0.2, 0.25) is 10.0 Å². The third kappa shape index (κ3) is 6.07. The van der Waals surface area contributed by atoms with E-state index in [1.54, 1.807) is 35.1 Å². The van der Waals surface area contributed by atoms with Gasteiger partial charge in [0, 0.05) is 30.0 Å². The van der Waals surface area contributed by atoms with Crippen LogP contribution in [-0.2, 0) is 0 Å². The van der Waals surface area contributed by atoms with E-state index in [2.05, 4.69) is 48.4 Å². The van der Waals surface area contributed by atoms with Gasteiger partial charge in [0.05, 0.1) is 15.7 Å². The van der Waals surface area contributed by atoms with Crippen molar-refractivity contribution in [3.63, 3.8) is 0 Å². The molecule has 2 aromatic heterocycles. The fourth-order valence-electron chi connectivity index (χ4n) is 4.54. The number of carbonyl (C=O) groups excluding carboxylic acids is 1. The van der Waals surface area contributed by atoms with Crippen LogP contribution in [0.25, 0.3) is 28.0 Å². The van der Waals surface area contributed by atoms with Gasteiger partial charge in [-0.3, -0.25) is 10.1 Å². The number of fused-ring (bicyclic) bond motifs is 1. The van der Waals surface area contributed by atoms with Gasteiger partial charge in [0.15, 0.2) is 10.9 Å². The van der Waals surface area contributed by atoms with Gasteiger partial charge in [-0.1, -0.05) is 23.2 Å². The van der Waals surface area contributed by atoms with Gasteiger partial charge in [-0.2, -0.15) is 4.80 Å². The molecule has 5 aromatic rings. The Morgan fingerprint density at radius 3 is 2.34 bits per heavy atom. The fourth-order valence-corrected chi connectivity index (χ4v) is 5.04. The molecule has 0 aliphatic rings. The number of amides is 1. The SMILES string of the molecule is CCN(CC)c1ccc(-n2nc3cc(C)c(NC(=S)NC(=O)c4ccc(-c5ccc(Cl)c(Cl)c5)o4)cc3n2)c(C)c1. The first-order valence-corrected chi connectivity index (χ1v) is 14.2. The summed E-state index contributed by atoms with van der Waals surface area (Å²) in [4.78, 5) is 16.7. The molecule has 41 heavy (non-hydrogen) atoms. The molecule has 0 bridgehead atoms. The maximum absolute atomic E-state index is 12.8. The van der Waals surface area contributed by atoms with Gasteiger partial charge >= 0.3 is 0 Å². The maximum Gasteiger partial charge on any atom is 0.293 e. The molecule has 5 rings (SSSR count). The van der Waals surface area contributed by atoms with Crippen molar-refractivity contribution in [2.75, 3.05) is 23.3 Å². The Balaban J connectivity index is 1.30. The largest absolute Gasteiger partial charge is 0.451 e. The second kappa shape index (κ2) is 11.9. The number of hydrogen-bond acceptors (Lipinski definition) is 6. The summed E-state index contributed by atoms with van der Waals surface area (Å²) in [5, 5.41) is 16.1. The minimum absolute atomic E-state index is 0.104. The predicted molar refractivity (Wildman–Crippen MR) is 170 cm³/mol. The standard InChI is InChI=1S/C30H28Cl2N6O2S/c1-5-37(6-2)20-8-10-26(18(4)13-20)38-35-24-14-17(3)23(16-25(24)36-38)33-30(41)34-29(39)28-12-11-27(40-28)19-7-9-21(31)22(32)15-19/h7-16H,5-6H2,1-4H3,(H2,33,34,39,41). The van der Waals surface area contributed by atoms with Crippen LogP contribution < -0.4 is 15.5 Å². The highest BCUT2D eigenvalue weighted by Crippen LogP contribution is 2.30. The van der Waals surface area contributed by atoms with E-state index in [4.69, 9.17) is 50.0 Å². The molecule has 2 heterocycles. The van der Waals surface area contributed by atoms with Crippen LogP contribution in [0.3, 0.4) is 0 Å². The summed E-state index contributed by atoms with van der Waals surface area (Å²) >= 11 is 17.5. The van der Waals surface area contributed by atoms with Crippen LogP contribution in [0, 0.1) is 13.8 Å². The van der Waals surface area contributed by atoms with Crippen LogP contribution in [0.5, 0.6) is 0 Å². The molecule has 0 atom stereocenters. The summed E-state index contributed by atoms with van der Waals surface area (Å²) < 4.78 is 5.72. The quantitative estimate of drug-likeness (QED) is 0.185. The van der Waals surface area contributed by atoms with E-state index < -0.39 is 5.91 Å². The summed E-state index contributed by atoms with van der Waals surface area (Å²) in [7, 11) is 0. The number of hydrogen-bond donors (Lipinski definition) is 2. The summed E-state index contributed by atoms with van der Waals surface area (Å²) in [6.45, 7) is 10.2. The van der Waals surface area contributed by atoms with E-state index in [1.807, 2.05) is 25.1 Å². The van der Waals surface area contributed by atoms with Gasteiger partial charge in [0.2, 0.25) is 0 Å². The van der Waals surface area contributed by atoms with Gasteiger partial charge in [-0.25, -0.2) is 0 Å². The highest BCUT2D eigenvalue weighted by atomic mass is 35.5. The van der Waals surface area contributed by atoms with E-state index >= 15 is 0 Å². The van der Waals surface area contributed by atoms with E-state index in [0.29, 0.717) is 32.6 Å². The summed E-state index contributed by atoms with van der Waals surface area (Å²) in [5.74, 6) is 0.102. The number of carbonyl (C=O) groups is 1. The zero-order valence-corrected chi connectivity index (χ0v) is 25.3. The number of anilines is 2. The van der Waals surface area contributed by atoms with Crippen LogP contribution in [-0.4, -0.2) is 39.1 Å². The van der Waals surface area contributed by atoms with Crippen molar-refractivity contribution in [3.8, 4) is 17.0 Å². The van der Waals surface area contributed by atoms with Crippen LogP contribution >= 0.6 is 35.4 Å². The molecule has 0 fully saturated rings. The summed E-state index contributed by atoms with van der Waals surface area (Å²) in [6.07, 6.45) is 0. The van der Waals surface area contributed by atoms with E-state index in [9.17, 15) is 4.79 Å². The lowest BCUT2D eigenvalue weighted by Crippen LogP contribution is -2.34. The lowest BCUT2D eigenvalue weighted by Gasteiger charge is -2.22. The highest BCUT2D eigenvalue weighted by molar-refractivity contribution is 7.80. The number of halogens is 2. The Kier molecular flexibility index (Phi) is 8.30. The molecule has 0 unspecified atom stereocenters. The molecule has 11 heteroatoms. The minimum atomic E-state index is -0.484. The molecule has 0 radical (unpaired) electrons. The van der Waals surface area contributed by atoms with Crippen LogP contribution in [0.4, 0.5) is 11.4 Å². The normalized spacial score (nSPS) is 11.1. The number of aryl methyl sites for hydroxylation is 2. The minimum Gasteiger partial charge on any atom is -0.451 e. The fraction of sp³-hybridized carbons (Fsp3) is 0.200. The average Bonchev–Trinajstić information content (AvgIpc) is 3.59. The van der Waals surface area contributed by atoms with Crippen molar-refractivity contribution in [1.29, 1.82) is 0 Å². The molecule has 3 aromatic carbocycles. The first-order valence-electron chi connectivity index (χ1n) is 13.1. The van der Waals surface area contributed by atoms with Gasteiger partial charge in [-0.15, -0.1) is 10.2 Å². The van der Waals surface area contributed by atoms with Crippen LogP contribution in [0.15, 0.2) is 65.1 Å². The Labute approximate surface area is 253 Å². The Morgan fingerprint density at radius 2 is 1.66 bits per heavy atom. The van der Waals surface area contributed by atoms with Crippen molar-refractivity contribution in [1.82, 2.24) is 20.3 Å². The maximum atomic E-state index is 12.8. The zero-order chi connectivity index (χ0) is 29.3. The molecular formula is C30H28Cl2N6O2S. The smallest absolute Gasteiger partial charge is 0.293 e. The average molecular weight is 608 g/mol. The van der Waals surface area contributed by atoms with Gasteiger partial charge in [0.1, 0.15) is 16.8 Å². The summed E-state index contributed by atoms with van der Waals surface area (Å²) in [5.41, 5.74) is 6.91. The number of aromatic nitrogens is 3. The number of rotatable bonds is 7. The molecule has 0 saturated carbocycles. The summed E-state index contributed by atoms with van der Waals surface area (Å²) in [6, 6.07) is 18.4. The van der Waals surface area contributed by atoms with Gasteiger partial charge < -0.3 is 14.6 Å². The number of benzene rings is 3.